The second-order valence-corrected chi connectivity index (χ2v) is 8.60. The van der Waals surface area contributed by atoms with Gasteiger partial charge in [0.25, 0.3) is 0 Å². The normalized spacial score (nSPS) is 12.5. The Morgan fingerprint density at radius 2 is 1.88 bits per heavy atom. The average Bonchev–Trinajstić information content (AvgIpc) is 2.57. The Labute approximate surface area is 161 Å². The summed E-state index contributed by atoms with van der Waals surface area (Å²) in [6.45, 7) is 8.07. The van der Waals surface area contributed by atoms with Crippen LogP contribution in [0.4, 0.5) is 4.79 Å². The van der Waals surface area contributed by atoms with Gasteiger partial charge >= 0.3 is 6.09 Å². The quantitative estimate of drug-likeness (QED) is 0.601. The molecule has 1 rings (SSSR count). The van der Waals surface area contributed by atoms with Gasteiger partial charge in [-0.15, -0.1) is 0 Å². The standard InChI is InChI=1S/C20H32N2O3S/c1-5-26-15-13-17(22(19(24)25)20(2,3)4)18(23)21-14-9-12-16-10-7-6-8-11-16/h6-8,10-11,17H,5,9,12-15H2,1-4H3,(H,21,23)(H,24,25). The number of amides is 2. The fraction of sp³-hybridized carbons (Fsp3) is 0.600. The van der Waals surface area contributed by atoms with Gasteiger partial charge in [0.2, 0.25) is 5.91 Å². The smallest absolute Gasteiger partial charge is 0.408 e. The van der Waals surface area contributed by atoms with Gasteiger partial charge < -0.3 is 10.4 Å². The molecule has 0 aliphatic rings. The Bertz CT molecular complexity index is 558. The lowest BCUT2D eigenvalue weighted by Crippen LogP contribution is -2.57. The maximum atomic E-state index is 12.7. The van der Waals surface area contributed by atoms with Gasteiger partial charge in [-0.1, -0.05) is 37.3 Å². The lowest BCUT2D eigenvalue weighted by molar-refractivity contribution is -0.127. The van der Waals surface area contributed by atoms with Crippen molar-refractivity contribution in [1.29, 1.82) is 0 Å². The fourth-order valence-electron chi connectivity index (χ4n) is 2.87. The summed E-state index contributed by atoms with van der Waals surface area (Å²) in [5, 5.41) is 12.6. The lowest BCUT2D eigenvalue weighted by atomic mass is 10.0. The molecule has 0 aliphatic carbocycles. The number of benzene rings is 1. The third kappa shape index (κ3) is 7.68. The molecule has 1 unspecified atom stereocenters. The summed E-state index contributed by atoms with van der Waals surface area (Å²) in [5.41, 5.74) is 0.605. The van der Waals surface area contributed by atoms with Gasteiger partial charge in [0.15, 0.2) is 0 Å². The van der Waals surface area contributed by atoms with E-state index in [1.165, 1.54) is 10.5 Å². The van der Waals surface area contributed by atoms with Crippen molar-refractivity contribution in [2.24, 2.45) is 0 Å². The number of aryl methyl sites for hydroxylation is 1. The zero-order valence-corrected chi connectivity index (χ0v) is 17.1. The molecule has 26 heavy (non-hydrogen) atoms. The van der Waals surface area contributed by atoms with Gasteiger partial charge in [0.1, 0.15) is 6.04 Å². The summed E-state index contributed by atoms with van der Waals surface area (Å²) < 4.78 is 0. The summed E-state index contributed by atoms with van der Waals surface area (Å²) in [6.07, 6.45) is 1.18. The van der Waals surface area contributed by atoms with Crippen molar-refractivity contribution in [2.75, 3.05) is 18.1 Å². The predicted molar refractivity (Wildman–Crippen MR) is 109 cm³/mol. The van der Waals surface area contributed by atoms with Crippen LogP contribution in [-0.4, -0.2) is 51.6 Å². The van der Waals surface area contributed by atoms with E-state index in [1.54, 1.807) is 11.8 Å². The summed E-state index contributed by atoms with van der Waals surface area (Å²) in [4.78, 5) is 25.8. The molecule has 0 spiro atoms. The zero-order chi connectivity index (χ0) is 19.6. The Kier molecular flexibility index (Phi) is 9.55. The lowest BCUT2D eigenvalue weighted by Gasteiger charge is -2.38. The summed E-state index contributed by atoms with van der Waals surface area (Å²) in [5.74, 6) is 1.51. The summed E-state index contributed by atoms with van der Waals surface area (Å²) in [7, 11) is 0. The van der Waals surface area contributed by atoms with Gasteiger partial charge in [-0.2, -0.15) is 11.8 Å². The first-order valence-corrected chi connectivity index (χ1v) is 10.3. The molecule has 1 aromatic rings. The molecular weight excluding hydrogens is 348 g/mol. The molecule has 5 nitrogen and oxygen atoms in total. The summed E-state index contributed by atoms with van der Waals surface area (Å²) in [6, 6.07) is 9.46. The van der Waals surface area contributed by atoms with Crippen LogP contribution in [-0.2, 0) is 11.2 Å². The highest BCUT2D eigenvalue weighted by atomic mass is 32.2. The van der Waals surface area contributed by atoms with E-state index >= 15 is 0 Å². The topological polar surface area (TPSA) is 69.6 Å². The van der Waals surface area contributed by atoms with Crippen molar-refractivity contribution >= 4 is 23.8 Å². The molecule has 0 saturated carbocycles. The monoisotopic (exact) mass is 380 g/mol. The summed E-state index contributed by atoms with van der Waals surface area (Å²) >= 11 is 1.72. The van der Waals surface area contributed by atoms with Gasteiger partial charge in [-0.05, 0) is 57.1 Å². The van der Waals surface area contributed by atoms with E-state index in [0.29, 0.717) is 13.0 Å². The average molecular weight is 381 g/mol. The van der Waals surface area contributed by atoms with E-state index in [1.807, 2.05) is 39.0 Å². The molecule has 2 N–H and O–H groups in total. The van der Waals surface area contributed by atoms with Gasteiger partial charge in [-0.25, -0.2) is 4.79 Å². The first kappa shape index (κ1) is 22.4. The molecule has 0 saturated heterocycles. The number of carbonyl (C=O) groups excluding carboxylic acids is 1. The van der Waals surface area contributed by atoms with Crippen molar-refractivity contribution in [3.8, 4) is 0 Å². The van der Waals surface area contributed by atoms with Crippen molar-refractivity contribution < 1.29 is 14.7 Å². The Morgan fingerprint density at radius 1 is 1.23 bits per heavy atom. The van der Waals surface area contributed by atoms with E-state index in [2.05, 4.69) is 24.4 Å². The van der Waals surface area contributed by atoms with Crippen LogP contribution in [0.5, 0.6) is 0 Å². The first-order chi connectivity index (χ1) is 12.3. The van der Waals surface area contributed by atoms with Gasteiger partial charge in [-0.3, -0.25) is 9.69 Å². The van der Waals surface area contributed by atoms with Crippen molar-refractivity contribution in [3.05, 3.63) is 35.9 Å². The number of nitrogens with one attached hydrogen (secondary N) is 1. The number of hydrogen-bond acceptors (Lipinski definition) is 3. The Hall–Kier alpha value is -1.69. The molecule has 0 bridgehead atoms. The van der Waals surface area contributed by atoms with E-state index in [9.17, 15) is 14.7 Å². The zero-order valence-electron chi connectivity index (χ0n) is 16.3. The molecule has 6 heteroatoms. The number of hydrogen-bond donors (Lipinski definition) is 2. The van der Waals surface area contributed by atoms with E-state index in [-0.39, 0.29) is 5.91 Å². The Balaban J connectivity index is 2.66. The minimum absolute atomic E-state index is 0.202. The number of thioether (sulfide) groups is 1. The van der Waals surface area contributed by atoms with Crippen LogP contribution in [0.3, 0.4) is 0 Å². The third-order valence-electron chi connectivity index (χ3n) is 4.07. The van der Waals surface area contributed by atoms with Crippen LogP contribution < -0.4 is 5.32 Å². The SMILES string of the molecule is CCSCCC(C(=O)NCCCc1ccccc1)N(C(=O)O)C(C)(C)C. The molecule has 146 valence electrons. The molecule has 0 fully saturated rings. The second kappa shape index (κ2) is 11.1. The second-order valence-electron chi connectivity index (χ2n) is 7.20. The predicted octanol–water partition coefficient (Wildman–Crippen LogP) is 4.03. The molecule has 0 heterocycles. The maximum absolute atomic E-state index is 12.7. The molecule has 2 amide bonds. The number of rotatable bonds is 10. The van der Waals surface area contributed by atoms with E-state index in [0.717, 1.165) is 24.3 Å². The van der Waals surface area contributed by atoms with E-state index in [4.69, 9.17) is 0 Å². The van der Waals surface area contributed by atoms with Crippen LogP contribution in [0.2, 0.25) is 0 Å². The fourth-order valence-corrected chi connectivity index (χ4v) is 3.55. The molecule has 0 aliphatic heterocycles. The molecule has 1 aromatic carbocycles. The van der Waals surface area contributed by atoms with Gasteiger partial charge in [0, 0.05) is 12.1 Å². The van der Waals surface area contributed by atoms with Gasteiger partial charge in [0.05, 0.1) is 0 Å². The number of carbonyl (C=O) groups is 2. The minimum Gasteiger partial charge on any atom is -0.465 e. The van der Waals surface area contributed by atoms with Crippen LogP contribution in [0.25, 0.3) is 0 Å². The maximum Gasteiger partial charge on any atom is 0.408 e. The first-order valence-electron chi connectivity index (χ1n) is 9.19. The number of carboxylic acid groups (broad SMARTS) is 1. The van der Waals surface area contributed by atoms with Crippen molar-refractivity contribution in [1.82, 2.24) is 10.2 Å². The highest BCUT2D eigenvalue weighted by Gasteiger charge is 2.36. The number of nitrogens with zero attached hydrogens (tertiary/aromatic N) is 1. The highest BCUT2D eigenvalue weighted by molar-refractivity contribution is 7.99. The van der Waals surface area contributed by atoms with Crippen LogP contribution in [0.15, 0.2) is 30.3 Å². The highest BCUT2D eigenvalue weighted by Crippen LogP contribution is 2.21. The van der Waals surface area contributed by atoms with Crippen molar-refractivity contribution in [2.45, 2.75) is 58.5 Å². The van der Waals surface area contributed by atoms with Crippen LogP contribution >= 0.6 is 11.8 Å². The molecular formula is C20H32N2O3S. The largest absolute Gasteiger partial charge is 0.465 e. The van der Waals surface area contributed by atoms with Crippen LogP contribution in [0.1, 0.15) is 46.1 Å². The molecule has 1 atom stereocenters. The third-order valence-corrected chi connectivity index (χ3v) is 5.00. The van der Waals surface area contributed by atoms with Crippen molar-refractivity contribution in [3.63, 3.8) is 0 Å². The minimum atomic E-state index is -1.05. The van der Waals surface area contributed by atoms with Crippen LogP contribution in [0, 0.1) is 0 Å². The Morgan fingerprint density at radius 3 is 2.42 bits per heavy atom. The molecule has 0 aromatic heterocycles. The van der Waals surface area contributed by atoms with E-state index < -0.39 is 17.7 Å². The molecule has 0 radical (unpaired) electrons.